The van der Waals surface area contributed by atoms with Gasteiger partial charge in [-0.1, -0.05) is 17.7 Å². The number of hydrogen-bond acceptors (Lipinski definition) is 1. The molecule has 17 heavy (non-hydrogen) atoms. The van der Waals surface area contributed by atoms with Crippen molar-refractivity contribution in [2.24, 2.45) is 0 Å². The molecule has 0 nitrogen and oxygen atoms in total. The fourth-order valence-corrected chi connectivity index (χ4v) is 3.74. The van der Waals surface area contributed by atoms with Gasteiger partial charge in [0.2, 0.25) is 0 Å². The lowest BCUT2D eigenvalue weighted by atomic mass is 10.1. The number of hydrogen-bond donors (Lipinski definition) is 0. The van der Waals surface area contributed by atoms with Crippen LogP contribution in [0, 0.1) is 17.4 Å². The van der Waals surface area contributed by atoms with Crippen LogP contribution in [0.2, 0.25) is 5.02 Å². The zero-order chi connectivity index (χ0) is 12.6. The summed E-state index contributed by atoms with van der Waals surface area (Å²) in [4.78, 5) is 2.50. The molecule has 0 N–H and O–H groups in total. The predicted molar refractivity (Wildman–Crippen MR) is 85.7 cm³/mol. The molecule has 1 aromatic carbocycles. The van der Waals surface area contributed by atoms with Crippen LogP contribution in [-0.4, -0.2) is 0 Å². The highest BCUT2D eigenvalue weighted by Crippen LogP contribution is 2.37. The third kappa shape index (κ3) is 2.98. The SMILES string of the molecule is Cc1cc(C)c(C(Cl)c2ccc(I)c(Cl)c2)s1. The summed E-state index contributed by atoms with van der Waals surface area (Å²) < 4.78 is 1.05. The van der Waals surface area contributed by atoms with Crippen LogP contribution < -0.4 is 0 Å². The molecule has 0 fully saturated rings. The smallest absolute Gasteiger partial charge is 0.0931 e. The molecule has 0 saturated heterocycles. The normalized spacial score (nSPS) is 12.8. The van der Waals surface area contributed by atoms with Gasteiger partial charge in [0, 0.05) is 13.3 Å². The Balaban J connectivity index is 2.40. The van der Waals surface area contributed by atoms with Crippen LogP contribution in [-0.2, 0) is 0 Å². The Kier molecular flexibility index (Phi) is 4.40. The van der Waals surface area contributed by atoms with Crippen molar-refractivity contribution in [2.75, 3.05) is 0 Å². The molecule has 1 heterocycles. The van der Waals surface area contributed by atoms with E-state index in [9.17, 15) is 0 Å². The van der Waals surface area contributed by atoms with E-state index in [-0.39, 0.29) is 5.38 Å². The van der Waals surface area contributed by atoms with Crippen LogP contribution in [0.3, 0.4) is 0 Å². The molecule has 0 bridgehead atoms. The van der Waals surface area contributed by atoms with Crippen molar-refractivity contribution in [2.45, 2.75) is 19.2 Å². The number of aryl methyl sites for hydroxylation is 2. The van der Waals surface area contributed by atoms with E-state index in [0.29, 0.717) is 0 Å². The molecular weight excluding hydrogens is 386 g/mol. The summed E-state index contributed by atoms with van der Waals surface area (Å²) >= 11 is 16.6. The molecule has 2 rings (SSSR count). The Morgan fingerprint density at radius 1 is 1.24 bits per heavy atom. The fourth-order valence-electron chi connectivity index (χ4n) is 1.73. The van der Waals surface area contributed by atoms with Gasteiger partial charge in [0.25, 0.3) is 0 Å². The monoisotopic (exact) mass is 396 g/mol. The lowest BCUT2D eigenvalue weighted by Gasteiger charge is -2.10. The highest BCUT2D eigenvalue weighted by Gasteiger charge is 2.16. The molecule has 1 unspecified atom stereocenters. The van der Waals surface area contributed by atoms with Crippen LogP contribution in [0.5, 0.6) is 0 Å². The number of alkyl halides is 1. The first-order valence-corrected chi connectivity index (χ1v) is 7.86. The minimum atomic E-state index is -0.108. The van der Waals surface area contributed by atoms with E-state index in [1.54, 1.807) is 11.3 Å². The molecule has 1 atom stereocenters. The van der Waals surface area contributed by atoms with Crippen molar-refractivity contribution >= 4 is 57.1 Å². The second kappa shape index (κ2) is 5.47. The highest BCUT2D eigenvalue weighted by molar-refractivity contribution is 14.1. The van der Waals surface area contributed by atoms with Crippen molar-refractivity contribution in [1.29, 1.82) is 0 Å². The van der Waals surface area contributed by atoms with Gasteiger partial charge in [-0.3, -0.25) is 0 Å². The maximum absolute atomic E-state index is 6.52. The minimum absolute atomic E-state index is 0.108. The molecule has 0 saturated carbocycles. The predicted octanol–water partition coefficient (Wildman–Crippen LogP) is 5.95. The first kappa shape index (κ1) is 13.7. The first-order valence-electron chi connectivity index (χ1n) is 5.15. The Labute approximate surface area is 129 Å². The standard InChI is InChI=1S/C13H11Cl2IS/c1-7-5-8(2)17-13(7)12(15)9-3-4-11(16)10(14)6-9/h3-6,12H,1-2H3. The van der Waals surface area contributed by atoms with E-state index >= 15 is 0 Å². The maximum Gasteiger partial charge on any atom is 0.0931 e. The largest absolute Gasteiger partial charge is 0.143 e. The Morgan fingerprint density at radius 2 is 1.94 bits per heavy atom. The van der Waals surface area contributed by atoms with Crippen molar-refractivity contribution < 1.29 is 0 Å². The van der Waals surface area contributed by atoms with E-state index in [4.69, 9.17) is 23.2 Å². The van der Waals surface area contributed by atoms with Crippen molar-refractivity contribution in [3.8, 4) is 0 Å². The van der Waals surface area contributed by atoms with E-state index in [0.717, 1.165) is 14.2 Å². The van der Waals surface area contributed by atoms with Crippen LogP contribution in [0.25, 0.3) is 0 Å². The molecule has 0 aliphatic carbocycles. The Bertz CT molecular complexity index is 548. The van der Waals surface area contributed by atoms with E-state index in [1.807, 2.05) is 18.2 Å². The number of benzene rings is 1. The molecule has 1 aromatic heterocycles. The summed E-state index contributed by atoms with van der Waals surface area (Å²) in [6.07, 6.45) is 0. The lowest BCUT2D eigenvalue weighted by molar-refractivity contribution is 1.16. The molecule has 0 spiro atoms. The van der Waals surface area contributed by atoms with Crippen LogP contribution >= 0.6 is 57.1 Å². The number of halogens is 3. The quantitative estimate of drug-likeness (QED) is 0.434. The van der Waals surface area contributed by atoms with Crippen molar-refractivity contribution in [3.63, 3.8) is 0 Å². The van der Waals surface area contributed by atoms with Gasteiger partial charge in [-0.05, 0) is 65.8 Å². The summed E-state index contributed by atoms with van der Waals surface area (Å²) in [5, 5.41) is 0.655. The van der Waals surface area contributed by atoms with Gasteiger partial charge in [0.1, 0.15) is 0 Å². The summed E-state index contributed by atoms with van der Waals surface area (Å²) in [5.41, 5.74) is 2.31. The van der Waals surface area contributed by atoms with Crippen molar-refractivity contribution in [3.05, 3.63) is 53.7 Å². The average Bonchev–Trinajstić information content (AvgIpc) is 2.61. The van der Waals surface area contributed by atoms with E-state index < -0.39 is 0 Å². The second-order valence-electron chi connectivity index (χ2n) is 3.94. The summed E-state index contributed by atoms with van der Waals surface area (Å²) in [6, 6.07) is 8.17. The van der Waals surface area contributed by atoms with E-state index in [2.05, 4.69) is 42.5 Å². The van der Waals surface area contributed by atoms with Crippen LogP contribution in [0.1, 0.15) is 26.3 Å². The van der Waals surface area contributed by atoms with Gasteiger partial charge >= 0.3 is 0 Å². The van der Waals surface area contributed by atoms with Gasteiger partial charge in [-0.15, -0.1) is 22.9 Å². The number of thiophene rings is 1. The zero-order valence-corrected chi connectivity index (χ0v) is 13.9. The molecule has 0 aliphatic heterocycles. The van der Waals surface area contributed by atoms with Crippen LogP contribution in [0.4, 0.5) is 0 Å². The summed E-state index contributed by atoms with van der Waals surface area (Å²) in [5.74, 6) is 0. The minimum Gasteiger partial charge on any atom is -0.143 e. The fraction of sp³-hybridized carbons (Fsp3) is 0.231. The zero-order valence-electron chi connectivity index (χ0n) is 9.43. The topological polar surface area (TPSA) is 0 Å². The molecular formula is C13H11Cl2IS. The lowest BCUT2D eigenvalue weighted by Crippen LogP contribution is -1.92. The Morgan fingerprint density at radius 3 is 2.47 bits per heavy atom. The van der Waals surface area contributed by atoms with Gasteiger partial charge in [0.15, 0.2) is 0 Å². The van der Waals surface area contributed by atoms with Gasteiger partial charge in [-0.2, -0.15) is 0 Å². The number of rotatable bonds is 2. The maximum atomic E-state index is 6.52. The third-order valence-corrected chi connectivity index (χ3v) is 5.94. The Hall–Kier alpha value is 0.230. The summed E-state index contributed by atoms with van der Waals surface area (Å²) in [6.45, 7) is 4.20. The molecule has 4 heteroatoms. The van der Waals surface area contributed by atoms with Gasteiger partial charge < -0.3 is 0 Å². The highest BCUT2D eigenvalue weighted by atomic mass is 127. The molecule has 90 valence electrons. The molecule has 0 amide bonds. The first-order chi connectivity index (χ1) is 7.99. The molecule has 2 aromatic rings. The van der Waals surface area contributed by atoms with Gasteiger partial charge in [0.05, 0.1) is 10.4 Å². The van der Waals surface area contributed by atoms with Crippen molar-refractivity contribution in [1.82, 2.24) is 0 Å². The molecule has 0 aliphatic rings. The second-order valence-corrected chi connectivity index (χ2v) is 7.23. The molecule has 0 radical (unpaired) electrons. The average molecular weight is 397 g/mol. The van der Waals surface area contributed by atoms with Gasteiger partial charge in [-0.25, -0.2) is 0 Å². The van der Waals surface area contributed by atoms with Crippen LogP contribution in [0.15, 0.2) is 24.3 Å². The van der Waals surface area contributed by atoms with E-state index in [1.165, 1.54) is 15.3 Å². The summed E-state index contributed by atoms with van der Waals surface area (Å²) in [7, 11) is 0. The third-order valence-electron chi connectivity index (χ3n) is 2.55.